The van der Waals surface area contributed by atoms with Crippen molar-refractivity contribution in [1.29, 1.82) is 0 Å². The van der Waals surface area contributed by atoms with E-state index in [1.807, 2.05) is 50.2 Å². The maximum atomic E-state index is 15.3. The Kier molecular flexibility index (Phi) is 35.0. The van der Waals surface area contributed by atoms with Gasteiger partial charge in [0.1, 0.15) is 94.6 Å². The number of carbonyl (C=O) groups excluding carboxylic acids is 10. The van der Waals surface area contributed by atoms with Crippen LogP contribution in [0.1, 0.15) is 113 Å². The van der Waals surface area contributed by atoms with Gasteiger partial charge in [-0.25, -0.2) is 39.3 Å². The lowest BCUT2D eigenvalue weighted by molar-refractivity contribution is -0.372. The van der Waals surface area contributed by atoms with Crippen LogP contribution in [0.15, 0.2) is 71.8 Å². The van der Waals surface area contributed by atoms with Crippen molar-refractivity contribution in [2.45, 2.75) is 184 Å². The van der Waals surface area contributed by atoms with E-state index in [1.54, 1.807) is 27.8 Å². The molecule has 6 aromatic rings. The average Bonchev–Trinajstić information content (AvgIpc) is 1.02. The van der Waals surface area contributed by atoms with Crippen molar-refractivity contribution < 1.29 is 112 Å². The van der Waals surface area contributed by atoms with E-state index in [4.69, 9.17) is 52.4 Å². The van der Waals surface area contributed by atoms with Crippen molar-refractivity contribution in [3.8, 4) is 10.7 Å². The number of primary amides is 3. The van der Waals surface area contributed by atoms with Gasteiger partial charge in [-0.1, -0.05) is 42.3 Å². The van der Waals surface area contributed by atoms with Crippen LogP contribution in [0.5, 0.6) is 0 Å². The van der Waals surface area contributed by atoms with Crippen LogP contribution in [-0.2, 0) is 54.1 Å². The van der Waals surface area contributed by atoms with Gasteiger partial charge in [-0.3, -0.25) is 33.6 Å². The van der Waals surface area contributed by atoms with Crippen molar-refractivity contribution in [3.63, 3.8) is 0 Å². The molecule has 28 N–H and O–H groups in total. The number of nitrogens with one attached hydrogen (secondary N) is 10. The number of unbranched alkanes of at least 4 members (excludes halogenated alkanes) is 1. The first-order valence-electron chi connectivity index (χ1n) is 37.7. The first-order chi connectivity index (χ1) is 56.5. The Morgan fingerprint density at radius 2 is 1.32 bits per heavy atom. The second-order valence-electron chi connectivity index (χ2n) is 28.4. The van der Waals surface area contributed by atoms with Crippen molar-refractivity contribution in [2.75, 3.05) is 68.8 Å². The standard InChI is InChI=1S/C73H103N21O23S2/c1-32-10-14-38(15-11-32)86-72(111)82-19-7-8-22-94(73(112)87-39-16-12-33(2)13-17-39)23-9-20-80-64(106)43-29-119-68(89-43)44-30-118-48(88-44)18-21-81-65(107)50(37(6)97)91-63(105)35(4)52(99)36(5)85-67(109)51(92-66(108)49-34(3)60(76)93-62(90-49)41(24-47(75)98)83-25-40(74)61(77)104)57(42-26-79-31-84-42)115-70-59(55(102)53(100)45(27-95)114-70)116-69-56(103)58(117-71(78)110)54(101)46(28-96)113-69/h10-17,26,29-31,35-37,40-41,45-46,50-59,69-70,83,95-97,99-103H,7-9,18-25,27-28,74H2,1-6H3,(H2,75,98)(H2,77,104)(H2,78,110)(H,79,84)(H,80,106)(H,81,107)(H,85,109)(H,87,112)(H,91,105)(H,92,108)(H2,76,90,93)(H2,82,86,111)/t35-,36+,37+,40-,41-,45-,46+,50-,51-,52-,53+,54+,55-,56-,57-,58-,59-,69+,70-/m0/s1. The number of aromatic amines is 1. The fourth-order valence-electron chi connectivity index (χ4n) is 12.3. The number of nitrogens with two attached hydrogens (primary N) is 5. The van der Waals surface area contributed by atoms with Crippen LogP contribution < -0.4 is 76.5 Å². The molecule has 2 aliphatic heterocycles. The molecule has 0 spiro atoms. The molecule has 2 aliphatic rings. The fraction of sp³-hybridized carbons (Fsp3) is 0.521. The lowest BCUT2D eigenvalue weighted by Crippen LogP contribution is -2.65. The number of hydrogen-bond donors (Lipinski definition) is 23. The van der Waals surface area contributed by atoms with E-state index in [2.05, 4.69) is 77.8 Å². The topological polar surface area (TPSA) is 701 Å². The number of hydrogen-bond acceptors (Lipinski definition) is 33. The molecule has 0 aliphatic carbocycles. The maximum absolute atomic E-state index is 15.3. The lowest BCUT2D eigenvalue weighted by Gasteiger charge is -2.47. The van der Waals surface area contributed by atoms with Crippen molar-refractivity contribution in [3.05, 3.63) is 116 Å². The van der Waals surface area contributed by atoms with Gasteiger partial charge in [0.25, 0.3) is 11.8 Å². The minimum Gasteiger partial charge on any atom is -0.441 e. The third-order valence-corrected chi connectivity index (χ3v) is 21.0. The molecule has 0 bridgehead atoms. The first-order valence-corrected chi connectivity index (χ1v) is 39.5. The number of aliphatic hydroxyl groups is 8. The molecular formula is C73H103N21O23S2. The minimum absolute atomic E-state index is 0.0615. The molecule has 0 saturated carbocycles. The summed E-state index contributed by atoms with van der Waals surface area (Å²) in [5, 5.41) is 117. The normalized spacial score (nSPS) is 21.4. The number of thiazole rings is 2. The molecule has 6 heterocycles. The van der Waals surface area contributed by atoms with Gasteiger partial charge in [0.05, 0.1) is 72.7 Å². The van der Waals surface area contributed by atoms with Gasteiger partial charge >= 0.3 is 18.2 Å². The van der Waals surface area contributed by atoms with Crippen LogP contribution in [0.25, 0.3) is 10.7 Å². The highest BCUT2D eigenvalue weighted by Gasteiger charge is 2.54. The molecule has 12 amide bonds. The van der Waals surface area contributed by atoms with E-state index in [0.717, 1.165) is 23.7 Å². The summed E-state index contributed by atoms with van der Waals surface area (Å²) in [6.45, 7) is 7.64. The number of nitrogen functional groups attached to an aromatic ring is 1. The number of H-pyrrole nitrogens is 1. The number of aromatic nitrogens is 6. The van der Waals surface area contributed by atoms with Gasteiger partial charge in [-0.05, 0) is 78.1 Å². The number of benzene rings is 2. The Bertz CT molecular complexity index is 4400. The smallest absolute Gasteiger partial charge is 0.404 e. The van der Waals surface area contributed by atoms with Crippen molar-refractivity contribution >= 4 is 99.4 Å². The highest BCUT2D eigenvalue weighted by Crippen LogP contribution is 2.35. The number of nitrogens with zero attached hydrogens (tertiary/aromatic N) is 6. The number of anilines is 3. The van der Waals surface area contributed by atoms with Crippen molar-refractivity contribution in [1.82, 2.24) is 72.0 Å². The van der Waals surface area contributed by atoms with E-state index in [-0.39, 0.29) is 66.7 Å². The second kappa shape index (κ2) is 44.4. The summed E-state index contributed by atoms with van der Waals surface area (Å²) in [6.07, 6.45) is -23.9. The molecule has 19 atom stereocenters. The zero-order chi connectivity index (χ0) is 87.1. The van der Waals surface area contributed by atoms with Gasteiger partial charge in [0, 0.05) is 79.8 Å². The molecule has 0 unspecified atom stereocenters. The Hall–Kier alpha value is -10.7. The number of urea groups is 2. The van der Waals surface area contributed by atoms with Crippen LogP contribution in [0.4, 0.5) is 31.6 Å². The Morgan fingerprint density at radius 1 is 0.672 bits per heavy atom. The number of rotatable bonds is 42. The van der Waals surface area contributed by atoms with Crippen LogP contribution in [0, 0.1) is 26.7 Å². The molecule has 8 rings (SSSR count). The predicted molar refractivity (Wildman–Crippen MR) is 424 cm³/mol. The van der Waals surface area contributed by atoms with Crippen molar-refractivity contribution in [2.24, 2.45) is 28.9 Å². The molecule has 2 saturated heterocycles. The highest BCUT2D eigenvalue weighted by atomic mass is 32.1. The van der Waals surface area contributed by atoms with Gasteiger partial charge in [-0.2, -0.15) is 0 Å². The summed E-state index contributed by atoms with van der Waals surface area (Å²) < 4.78 is 28.8. The Balaban J connectivity index is 0.916. The summed E-state index contributed by atoms with van der Waals surface area (Å²) >= 11 is 2.41. The molecule has 2 aromatic carbocycles. The van der Waals surface area contributed by atoms with Crippen LogP contribution >= 0.6 is 22.7 Å². The molecule has 0 radical (unpaired) electrons. The minimum atomic E-state index is -2.22. The molecule has 119 heavy (non-hydrogen) atoms. The molecular weight excluding hydrogens is 1600 g/mol. The summed E-state index contributed by atoms with van der Waals surface area (Å²) in [6, 6.07) is 6.12. The maximum Gasteiger partial charge on any atom is 0.404 e. The van der Waals surface area contributed by atoms with Gasteiger partial charge in [0.2, 0.25) is 29.5 Å². The third-order valence-electron chi connectivity index (χ3n) is 19.2. The van der Waals surface area contributed by atoms with Crippen LogP contribution in [0.2, 0.25) is 0 Å². The largest absolute Gasteiger partial charge is 0.441 e. The number of ether oxygens (including phenoxy) is 5. The van der Waals surface area contributed by atoms with E-state index >= 15 is 9.59 Å². The second-order valence-corrected chi connectivity index (χ2v) is 30.2. The SMILES string of the molecule is Cc1ccc(NC(=O)NCCCCN(CCCNC(=O)c2csc(-c3csc(CCNC(=O)[C@@H](NC(=O)[C@@H](C)[C@H](O)[C@@H](C)NC(=O)[C@@H](NC(=O)c4nc([C@H](CC(N)=O)NC[C@H](N)C(N)=O)nc(N)c4C)[C@@H](O[C@@H]4O[C@@H](CO)[C@@H](O)[C@H](O)[C@@H]4O[C@H]4O[C@H](CO)[C@@H](O)[C@H](OC(N)=O)[C@@H]4O)c4cnc[nH]4)[C@@H](C)O)n3)n2)C(=O)Nc2ccc(C)cc2)cc1. The van der Waals surface area contributed by atoms with E-state index < -0.39 is 189 Å². The summed E-state index contributed by atoms with van der Waals surface area (Å²) in [5.41, 5.74) is 31.3. The van der Waals surface area contributed by atoms with E-state index in [9.17, 15) is 79.2 Å². The number of carbonyl (C=O) groups is 10. The predicted octanol–water partition coefficient (Wildman–Crippen LogP) is -3.83. The summed E-state index contributed by atoms with van der Waals surface area (Å²) in [5.74, 6) is -9.02. The monoisotopic (exact) mass is 1710 g/mol. The van der Waals surface area contributed by atoms with Gasteiger partial charge in [0.15, 0.2) is 18.7 Å². The fourth-order valence-corrected chi connectivity index (χ4v) is 13.9. The van der Waals surface area contributed by atoms with E-state index in [1.165, 1.54) is 50.4 Å². The summed E-state index contributed by atoms with van der Waals surface area (Å²) in [7, 11) is 0. The molecule has 46 heteroatoms. The number of imidazole rings is 1. The summed E-state index contributed by atoms with van der Waals surface area (Å²) in [4.78, 5) is 160. The van der Waals surface area contributed by atoms with E-state index in [0.29, 0.717) is 66.0 Å². The third kappa shape index (κ3) is 26.4. The Labute approximate surface area is 689 Å². The van der Waals surface area contributed by atoms with Crippen LogP contribution in [0.3, 0.4) is 0 Å². The first kappa shape index (κ1) is 93.8. The average molecular weight is 1710 g/mol. The van der Waals surface area contributed by atoms with Crippen LogP contribution in [-0.4, -0.2) is 285 Å². The molecule has 2 fully saturated rings. The highest BCUT2D eigenvalue weighted by molar-refractivity contribution is 7.14. The number of aryl methyl sites for hydroxylation is 2. The number of aliphatic hydroxyl groups excluding tert-OH is 8. The molecule has 44 nitrogen and oxygen atoms in total. The van der Waals surface area contributed by atoms with Gasteiger partial charge < -0.3 is 151 Å². The Morgan fingerprint density at radius 3 is 1.95 bits per heavy atom. The molecule has 650 valence electrons. The lowest BCUT2D eigenvalue weighted by atomic mass is 9.96. The number of amides is 12. The zero-order valence-corrected chi connectivity index (χ0v) is 67.3. The zero-order valence-electron chi connectivity index (χ0n) is 65.7. The quantitative estimate of drug-likeness (QED) is 0.0163. The molecule has 4 aromatic heterocycles. The van der Waals surface area contributed by atoms with Gasteiger partial charge in [-0.15, -0.1) is 22.7 Å².